The number of fused-ring (bicyclic) bond motifs is 1. The molecular formula is C14H15N3O3S2. The van der Waals surface area contributed by atoms with E-state index in [1.54, 1.807) is 28.6 Å². The fourth-order valence-corrected chi connectivity index (χ4v) is 4.14. The number of thiazole rings is 1. The Morgan fingerprint density at radius 2 is 2.27 bits per heavy atom. The second-order valence-electron chi connectivity index (χ2n) is 4.96. The number of carbonyl (C=O) groups is 1. The van der Waals surface area contributed by atoms with E-state index in [1.807, 2.05) is 0 Å². The van der Waals surface area contributed by atoms with Crippen LogP contribution in [0.3, 0.4) is 0 Å². The molecule has 1 aliphatic rings. The molecule has 0 unspecified atom stereocenters. The third-order valence-corrected chi connectivity index (χ3v) is 5.71. The molecule has 1 N–H and O–H groups in total. The normalized spacial score (nSPS) is 14.1. The molecule has 1 amide bonds. The fourth-order valence-electron chi connectivity index (χ4n) is 2.45. The first kappa shape index (κ1) is 15.1. The number of rotatable bonds is 4. The zero-order chi connectivity index (χ0) is 15.7. The third kappa shape index (κ3) is 2.90. The second-order valence-corrected chi connectivity index (χ2v) is 7.71. The van der Waals surface area contributed by atoms with Crippen molar-refractivity contribution in [1.29, 1.82) is 0 Å². The number of benzene rings is 1. The standard InChI is InChI=1S/C14H15N3O3S2/c1-10(18)17-6-4-11-8-12(2-3-13(11)17)22(19,20)16-9-14-15-5-7-21-14/h2-3,5,7-8,16H,4,6,9H2,1H3. The van der Waals surface area contributed by atoms with Crippen LogP contribution in [0.15, 0.2) is 34.7 Å². The van der Waals surface area contributed by atoms with Gasteiger partial charge in [-0.3, -0.25) is 4.79 Å². The predicted octanol–water partition coefficient (Wildman–Crippen LogP) is 1.53. The van der Waals surface area contributed by atoms with Gasteiger partial charge in [0.05, 0.1) is 11.4 Å². The molecule has 0 saturated carbocycles. The van der Waals surface area contributed by atoms with Crippen LogP contribution in [0.1, 0.15) is 17.5 Å². The van der Waals surface area contributed by atoms with Gasteiger partial charge in [-0.1, -0.05) is 0 Å². The van der Waals surface area contributed by atoms with Crippen molar-refractivity contribution in [2.24, 2.45) is 0 Å². The number of carbonyl (C=O) groups excluding carboxylic acids is 1. The van der Waals surface area contributed by atoms with E-state index in [1.165, 1.54) is 24.3 Å². The Labute approximate surface area is 132 Å². The number of hydrogen-bond acceptors (Lipinski definition) is 5. The number of nitrogens with one attached hydrogen (secondary N) is 1. The Morgan fingerprint density at radius 1 is 1.45 bits per heavy atom. The summed E-state index contributed by atoms with van der Waals surface area (Å²) < 4.78 is 27.2. The SMILES string of the molecule is CC(=O)N1CCc2cc(S(=O)(=O)NCc3nccs3)ccc21. The summed E-state index contributed by atoms with van der Waals surface area (Å²) in [6.45, 7) is 2.28. The summed E-state index contributed by atoms with van der Waals surface area (Å²) in [6.07, 6.45) is 2.31. The van der Waals surface area contributed by atoms with Crippen molar-refractivity contribution >= 4 is 33.0 Å². The van der Waals surface area contributed by atoms with E-state index in [9.17, 15) is 13.2 Å². The second kappa shape index (κ2) is 5.79. The molecule has 2 aromatic rings. The van der Waals surface area contributed by atoms with Gasteiger partial charge in [0.25, 0.3) is 0 Å². The minimum atomic E-state index is -3.58. The van der Waals surface area contributed by atoms with Gasteiger partial charge in [0.2, 0.25) is 15.9 Å². The van der Waals surface area contributed by atoms with Crippen LogP contribution in [0.4, 0.5) is 5.69 Å². The van der Waals surface area contributed by atoms with Crippen molar-refractivity contribution in [3.05, 3.63) is 40.3 Å². The highest BCUT2D eigenvalue weighted by atomic mass is 32.2. The maximum absolute atomic E-state index is 12.3. The lowest BCUT2D eigenvalue weighted by molar-refractivity contribution is -0.116. The molecule has 1 aromatic heterocycles. The molecule has 1 aromatic carbocycles. The molecule has 116 valence electrons. The maximum atomic E-state index is 12.3. The minimum absolute atomic E-state index is 0.0312. The van der Waals surface area contributed by atoms with E-state index in [2.05, 4.69) is 9.71 Å². The highest BCUT2D eigenvalue weighted by Gasteiger charge is 2.24. The topological polar surface area (TPSA) is 79.4 Å². The summed E-state index contributed by atoms with van der Waals surface area (Å²) in [6, 6.07) is 4.87. The molecule has 8 heteroatoms. The number of anilines is 1. The van der Waals surface area contributed by atoms with E-state index in [0.717, 1.165) is 11.3 Å². The van der Waals surface area contributed by atoms with Crippen LogP contribution in [0.25, 0.3) is 0 Å². The lowest BCUT2D eigenvalue weighted by Gasteiger charge is -2.15. The van der Waals surface area contributed by atoms with Crippen LogP contribution in [0.5, 0.6) is 0 Å². The maximum Gasteiger partial charge on any atom is 0.240 e. The lowest BCUT2D eigenvalue weighted by atomic mass is 10.2. The lowest BCUT2D eigenvalue weighted by Crippen LogP contribution is -2.26. The molecule has 0 bridgehead atoms. The molecule has 0 fully saturated rings. The van der Waals surface area contributed by atoms with Crippen LogP contribution in [-0.2, 0) is 27.8 Å². The van der Waals surface area contributed by atoms with Gasteiger partial charge in [-0.05, 0) is 30.2 Å². The van der Waals surface area contributed by atoms with E-state index >= 15 is 0 Å². The van der Waals surface area contributed by atoms with Gasteiger partial charge in [-0.15, -0.1) is 11.3 Å². The average molecular weight is 337 g/mol. The third-order valence-electron chi connectivity index (χ3n) is 3.53. The van der Waals surface area contributed by atoms with Crippen molar-refractivity contribution in [2.45, 2.75) is 24.8 Å². The molecule has 0 spiro atoms. The largest absolute Gasteiger partial charge is 0.312 e. The minimum Gasteiger partial charge on any atom is -0.312 e. The van der Waals surface area contributed by atoms with Crippen molar-refractivity contribution < 1.29 is 13.2 Å². The summed E-state index contributed by atoms with van der Waals surface area (Å²) in [7, 11) is -3.58. The predicted molar refractivity (Wildman–Crippen MR) is 84.3 cm³/mol. The van der Waals surface area contributed by atoms with E-state index in [4.69, 9.17) is 0 Å². The van der Waals surface area contributed by atoms with Crippen LogP contribution in [-0.4, -0.2) is 25.9 Å². The molecule has 22 heavy (non-hydrogen) atoms. The zero-order valence-electron chi connectivity index (χ0n) is 11.9. The molecule has 0 atom stereocenters. The summed E-state index contributed by atoms with van der Waals surface area (Å²) in [4.78, 5) is 17.4. The van der Waals surface area contributed by atoms with E-state index in [-0.39, 0.29) is 17.3 Å². The first-order chi connectivity index (χ1) is 10.5. The van der Waals surface area contributed by atoms with E-state index in [0.29, 0.717) is 18.0 Å². The molecule has 2 heterocycles. The van der Waals surface area contributed by atoms with Gasteiger partial charge in [-0.2, -0.15) is 0 Å². The molecular weight excluding hydrogens is 322 g/mol. The first-order valence-electron chi connectivity index (χ1n) is 6.76. The summed E-state index contributed by atoms with van der Waals surface area (Å²) in [5, 5.41) is 2.52. The van der Waals surface area contributed by atoms with Crippen molar-refractivity contribution in [3.63, 3.8) is 0 Å². The number of aromatic nitrogens is 1. The van der Waals surface area contributed by atoms with E-state index < -0.39 is 10.0 Å². The Bertz CT molecular complexity index is 801. The molecule has 6 nitrogen and oxygen atoms in total. The average Bonchev–Trinajstić information content (AvgIpc) is 3.13. The molecule has 0 radical (unpaired) electrons. The molecule has 0 aliphatic carbocycles. The van der Waals surface area contributed by atoms with Crippen molar-refractivity contribution in [3.8, 4) is 0 Å². The number of hydrogen-bond donors (Lipinski definition) is 1. The number of amides is 1. The highest BCUT2D eigenvalue weighted by Crippen LogP contribution is 2.30. The summed E-state index contributed by atoms with van der Waals surface area (Å²) >= 11 is 1.40. The number of nitrogens with zero attached hydrogens (tertiary/aromatic N) is 2. The summed E-state index contributed by atoms with van der Waals surface area (Å²) in [5.74, 6) is -0.0312. The van der Waals surface area contributed by atoms with Crippen molar-refractivity contribution in [2.75, 3.05) is 11.4 Å². The molecule has 3 rings (SSSR count). The Kier molecular flexibility index (Phi) is 3.98. The van der Waals surface area contributed by atoms with Crippen LogP contribution in [0, 0.1) is 0 Å². The molecule has 1 aliphatic heterocycles. The van der Waals surface area contributed by atoms with Gasteiger partial charge >= 0.3 is 0 Å². The van der Waals surface area contributed by atoms with Crippen molar-refractivity contribution in [1.82, 2.24) is 9.71 Å². The van der Waals surface area contributed by atoms with Gasteiger partial charge < -0.3 is 4.90 Å². The van der Waals surface area contributed by atoms with Gasteiger partial charge in [0.15, 0.2) is 0 Å². The first-order valence-corrected chi connectivity index (χ1v) is 9.13. The smallest absolute Gasteiger partial charge is 0.240 e. The van der Waals surface area contributed by atoms with Gasteiger partial charge in [0, 0.05) is 30.7 Å². The van der Waals surface area contributed by atoms with Gasteiger partial charge in [-0.25, -0.2) is 18.1 Å². The molecule has 0 saturated heterocycles. The van der Waals surface area contributed by atoms with Crippen LogP contribution >= 0.6 is 11.3 Å². The highest BCUT2D eigenvalue weighted by molar-refractivity contribution is 7.89. The summed E-state index contributed by atoms with van der Waals surface area (Å²) in [5.41, 5.74) is 1.68. The van der Waals surface area contributed by atoms with Crippen LogP contribution in [0.2, 0.25) is 0 Å². The Balaban J connectivity index is 1.82. The fraction of sp³-hybridized carbons (Fsp3) is 0.286. The zero-order valence-corrected chi connectivity index (χ0v) is 13.6. The quantitative estimate of drug-likeness (QED) is 0.917. The van der Waals surface area contributed by atoms with Crippen LogP contribution < -0.4 is 9.62 Å². The number of sulfonamides is 1. The monoisotopic (exact) mass is 337 g/mol. The Morgan fingerprint density at radius 3 is 2.95 bits per heavy atom. The Hall–Kier alpha value is -1.77. The van der Waals surface area contributed by atoms with Gasteiger partial charge in [0.1, 0.15) is 5.01 Å².